The second-order valence-electron chi connectivity index (χ2n) is 6.62. The number of carbonyl (C=O) groups excluding carboxylic acids is 2. The van der Waals surface area contributed by atoms with Gasteiger partial charge in [0.05, 0.1) is 12.2 Å². The summed E-state index contributed by atoms with van der Waals surface area (Å²) < 4.78 is 19.5. The van der Waals surface area contributed by atoms with E-state index in [1.165, 1.54) is 18.2 Å². The number of anilines is 1. The third-order valence-corrected chi connectivity index (χ3v) is 3.78. The van der Waals surface area contributed by atoms with Crippen LogP contribution < -0.4 is 10.2 Å². The van der Waals surface area contributed by atoms with Crippen LogP contribution in [0, 0.1) is 11.7 Å². The molecule has 1 aliphatic heterocycles. The smallest absolute Gasteiger partial charge is 0.254 e. The van der Waals surface area contributed by atoms with Crippen molar-refractivity contribution in [3.63, 3.8) is 0 Å². The van der Waals surface area contributed by atoms with Crippen molar-refractivity contribution in [2.24, 2.45) is 5.92 Å². The van der Waals surface area contributed by atoms with E-state index in [-0.39, 0.29) is 17.5 Å². The Labute approximate surface area is 142 Å². The number of ether oxygens (including phenoxy) is 1. The van der Waals surface area contributed by atoms with Gasteiger partial charge in [0.2, 0.25) is 5.91 Å². The summed E-state index contributed by atoms with van der Waals surface area (Å²) in [5, 5.41) is 2.73. The average molecular weight is 336 g/mol. The zero-order valence-corrected chi connectivity index (χ0v) is 14.5. The Morgan fingerprint density at radius 2 is 2.08 bits per heavy atom. The molecule has 0 bridgehead atoms. The maximum absolute atomic E-state index is 14.0. The van der Waals surface area contributed by atoms with E-state index >= 15 is 0 Å². The molecular formula is C18H25FN2O3. The maximum atomic E-state index is 14.0. The number of hydrogen-bond donors (Lipinski definition) is 1. The van der Waals surface area contributed by atoms with Crippen molar-refractivity contribution >= 4 is 17.5 Å². The monoisotopic (exact) mass is 336 g/mol. The molecule has 1 aliphatic rings. The van der Waals surface area contributed by atoms with Crippen LogP contribution in [0.3, 0.4) is 0 Å². The number of nitrogens with one attached hydrogen (secondary N) is 1. The van der Waals surface area contributed by atoms with Crippen LogP contribution in [-0.2, 0) is 9.53 Å². The van der Waals surface area contributed by atoms with E-state index in [9.17, 15) is 14.0 Å². The molecule has 1 heterocycles. The predicted molar refractivity (Wildman–Crippen MR) is 90.6 cm³/mol. The number of hydrogen-bond acceptors (Lipinski definition) is 3. The number of carbonyl (C=O) groups is 2. The molecule has 24 heavy (non-hydrogen) atoms. The zero-order chi connectivity index (χ0) is 17.7. The largest absolute Gasteiger partial charge is 0.379 e. The third kappa shape index (κ3) is 4.77. The molecule has 1 fully saturated rings. The fourth-order valence-corrected chi connectivity index (χ4v) is 2.60. The Morgan fingerprint density at radius 3 is 2.71 bits per heavy atom. The molecule has 1 saturated heterocycles. The van der Waals surface area contributed by atoms with Gasteiger partial charge in [-0.05, 0) is 37.5 Å². The van der Waals surface area contributed by atoms with Crippen LogP contribution in [0.25, 0.3) is 0 Å². The van der Waals surface area contributed by atoms with E-state index in [1.807, 2.05) is 20.8 Å². The SMILES string of the molecule is CC(C)COC[C@@H](C)NC(=O)c1cc(N2CCCC2=O)ccc1F. The first-order valence-corrected chi connectivity index (χ1v) is 8.37. The Bertz CT molecular complexity index is 604. The van der Waals surface area contributed by atoms with Gasteiger partial charge in [0.25, 0.3) is 5.91 Å². The Balaban J connectivity index is 2.01. The fraction of sp³-hybridized carbons (Fsp3) is 0.556. The minimum Gasteiger partial charge on any atom is -0.379 e. The minimum absolute atomic E-state index is 0.00317. The molecule has 132 valence electrons. The average Bonchev–Trinajstić information content (AvgIpc) is 2.93. The fourth-order valence-electron chi connectivity index (χ4n) is 2.60. The van der Waals surface area contributed by atoms with Crippen LogP contribution in [0.1, 0.15) is 44.0 Å². The first-order chi connectivity index (χ1) is 11.4. The Kier molecular flexibility index (Phi) is 6.31. The van der Waals surface area contributed by atoms with Crippen molar-refractivity contribution in [1.82, 2.24) is 5.32 Å². The van der Waals surface area contributed by atoms with Gasteiger partial charge in [0.1, 0.15) is 5.82 Å². The second-order valence-corrected chi connectivity index (χ2v) is 6.62. The number of halogens is 1. The van der Waals surface area contributed by atoms with Gasteiger partial charge in [-0.3, -0.25) is 9.59 Å². The minimum atomic E-state index is -0.599. The lowest BCUT2D eigenvalue weighted by Gasteiger charge is -2.18. The first kappa shape index (κ1) is 18.4. The van der Waals surface area contributed by atoms with Crippen molar-refractivity contribution < 1.29 is 18.7 Å². The molecule has 5 nitrogen and oxygen atoms in total. The summed E-state index contributed by atoms with van der Waals surface area (Å²) in [5.74, 6) is -0.678. The van der Waals surface area contributed by atoms with Gasteiger partial charge < -0.3 is 15.0 Å². The van der Waals surface area contributed by atoms with E-state index in [0.717, 1.165) is 6.42 Å². The van der Waals surface area contributed by atoms with Crippen molar-refractivity contribution in [2.75, 3.05) is 24.7 Å². The second kappa shape index (κ2) is 8.24. The number of benzene rings is 1. The number of amides is 2. The lowest BCUT2D eigenvalue weighted by molar-refractivity contribution is -0.117. The highest BCUT2D eigenvalue weighted by Gasteiger charge is 2.24. The summed E-state index contributed by atoms with van der Waals surface area (Å²) in [6.45, 7) is 7.49. The Morgan fingerprint density at radius 1 is 1.33 bits per heavy atom. The van der Waals surface area contributed by atoms with Gasteiger partial charge in [-0.1, -0.05) is 13.8 Å². The highest BCUT2D eigenvalue weighted by Crippen LogP contribution is 2.23. The Hall–Kier alpha value is -1.95. The van der Waals surface area contributed by atoms with Gasteiger partial charge in [-0.2, -0.15) is 0 Å². The van der Waals surface area contributed by atoms with Gasteiger partial charge >= 0.3 is 0 Å². The molecule has 0 unspecified atom stereocenters. The molecule has 1 aromatic rings. The van der Waals surface area contributed by atoms with Crippen LogP contribution in [0.15, 0.2) is 18.2 Å². The molecule has 2 rings (SSSR count). The van der Waals surface area contributed by atoms with E-state index < -0.39 is 11.7 Å². The van der Waals surface area contributed by atoms with Crippen molar-refractivity contribution in [3.05, 3.63) is 29.6 Å². The highest BCUT2D eigenvalue weighted by molar-refractivity contribution is 5.99. The van der Waals surface area contributed by atoms with Crippen LogP contribution in [0.5, 0.6) is 0 Å². The number of rotatable bonds is 7. The lowest BCUT2D eigenvalue weighted by Crippen LogP contribution is -2.36. The molecule has 0 saturated carbocycles. The summed E-state index contributed by atoms with van der Waals surface area (Å²) in [5.41, 5.74) is 0.510. The summed E-state index contributed by atoms with van der Waals surface area (Å²) in [4.78, 5) is 25.7. The van der Waals surface area contributed by atoms with Crippen LogP contribution in [0.2, 0.25) is 0 Å². The van der Waals surface area contributed by atoms with E-state index in [1.54, 1.807) is 4.90 Å². The van der Waals surface area contributed by atoms with Crippen molar-refractivity contribution in [1.29, 1.82) is 0 Å². The summed E-state index contributed by atoms with van der Waals surface area (Å²) in [7, 11) is 0. The predicted octanol–water partition coefficient (Wildman–Crippen LogP) is 2.74. The maximum Gasteiger partial charge on any atom is 0.254 e. The zero-order valence-electron chi connectivity index (χ0n) is 14.5. The van der Waals surface area contributed by atoms with E-state index in [0.29, 0.717) is 37.8 Å². The molecule has 1 atom stereocenters. The van der Waals surface area contributed by atoms with E-state index in [2.05, 4.69) is 5.32 Å². The van der Waals surface area contributed by atoms with Gasteiger partial charge in [0.15, 0.2) is 0 Å². The quantitative estimate of drug-likeness (QED) is 0.833. The molecule has 0 spiro atoms. The molecule has 1 N–H and O–H groups in total. The molecular weight excluding hydrogens is 311 g/mol. The molecule has 6 heteroatoms. The molecule has 0 aromatic heterocycles. The standard InChI is InChI=1S/C18H25FN2O3/c1-12(2)10-24-11-13(3)20-18(23)15-9-14(6-7-16(15)19)21-8-4-5-17(21)22/h6-7,9,12-13H,4-5,8,10-11H2,1-3H3,(H,20,23)/t13-/m1/s1. The molecule has 0 radical (unpaired) electrons. The van der Waals surface area contributed by atoms with Crippen molar-refractivity contribution in [2.45, 2.75) is 39.7 Å². The number of nitrogens with zero attached hydrogens (tertiary/aromatic N) is 1. The first-order valence-electron chi connectivity index (χ1n) is 8.37. The van der Waals surface area contributed by atoms with Crippen LogP contribution >= 0.6 is 0 Å². The molecule has 2 amide bonds. The molecule has 1 aromatic carbocycles. The van der Waals surface area contributed by atoms with Gasteiger partial charge in [-0.15, -0.1) is 0 Å². The normalized spacial score (nSPS) is 15.9. The van der Waals surface area contributed by atoms with Gasteiger partial charge in [0, 0.05) is 31.3 Å². The lowest BCUT2D eigenvalue weighted by atomic mass is 10.1. The van der Waals surface area contributed by atoms with Crippen molar-refractivity contribution in [3.8, 4) is 0 Å². The molecule has 0 aliphatic carbocycles. The van der Waals surface area contributed by atoms with Crippen LogP contribution in [-0.4, -0.2) is 37.6 Å². The highest BCUT2D eigenvalue weighted by atomic mass is 19.1. The summed E-state index contributed by atoms with van der Waals surface area (Å²) in [6, 6.07) is 3.98. The summed E-state index contributed by atoms with van der Waals surface area (Å²) in [6.07, 6.45) is 1.27. The topological polar surface area (TPSA) is 58.6 Å². The van der Waals surface area contributed by atoms with Gasteiger partial charge in [-0.25, -0.2) is 4.39 Å². The van der Waals surface area contributed by atoms with Crippen LogP contribution in [0.4, 0.5) is 10.1 Å². The summed E-state index contributed by atoms with van der Waals surface area (Å²) >= 11 is 0. The van der Waals surface area contributed by atoms with E-state index in [4.69, 9.17) is 4.74 Å². The third-order valence-electron chi connectivity index (χ3n) is 3.78.